The first kappa shape index (κ1) is 14.2. The number of hydrogen-bond acceptors (Lipinski definition) is 1. The van der Waals surface area contributed by atoms with Crippen LogP contribution in [-0.4, -0.2) is 0 Å². The van der Waals surface area contributed by atoms with Crippen LogP contribution < -0.4 is 5.73 Å². The van der Waals surface area contributed by atoms with E-state index in [1.54, 1.807) is 0 Å². The van der Waals surface area contributed by atoms with Crippen LogP contribution in [0.25, 0.3) is 0 Å². The molecule has 0 fully saturated rings. The van der Waals surface area contributed by atoms with Crippen LogP contribution in [-0.2, 0) is 5.54 Å². The van der Waals surface area contributed by atoms with E-state index in [1.807, 2.05) is 0 Å². The van der Waals surface area contributed by atoms with Gasteiger partial charge in [0.1, 0.15) is 0 Å². The van der Waals surface area contributed by atoms with E-state index in [0.717, 1.165) is 0 Å². The van der Waals surface area contributed by atoms with Gasteiger partial charge in [-0.25, -0.2) is 0 Å². The summed E-state index contributed by atoms with van der Waals surface area (Å²) in [6, 6.07) is 6.58. The predicted octanol–water partition coefficient (Wildman–Crippen LogP) is 4.16. The molecule has 0 radical (unpaired) electrons. The molecule has 1 aromatic rings. The van der Waals surface area contributed by atoms with Crippen molar-refractivity contribution in [3.05, 3.63) is 34.9 Å². The topological polar surface area (TPSA) is 26.0 Å². The largest absolute Gasteiger partial charge is 0.321 e. The summed E-state index contributed by atoms with van der Waals surface area (Å²) in [4.78, 5) is 0. The maximum atomic E-state index is 6.60. The van der Waals surface area contributed by atoms with Crippen molar-refractivity contribution in [2.45, 2.75) is 53.5 Å². The number of benzene rings is 1. The third kappa shape index (κ3) is 3.32. The molecule has 0 heterocycles. The first-order valence-corrected chi connectivity index (χ1v) is 6.61. The van der Waals surface area contributed by atoms with E-state index < -0.39 is 0 Å². The minimum absolute atomic E-state index is 0.236. The molecule has 0 bridgehead atoms. The monoisotopic (exact) mass is 233 g/mol. The normalized spacial score (nSPS) is 16.9. The molecule has 0 aromatic heterocycles. The van der Waals surface area contributed by atoms with Crippen LogP contribution in [0.5, 0.6) is 0 Å². The molecule has 0 spiro atoms. The van der Waals surface area contributed by atoms with Crippen LogP contribution in [0.2, 0.25) is 0 Å². The Bertz CT molecular complexity index is 377. The molecule has 0 aliphatic rings. The molecule has 0 saturated heterocycles. The van der Waals surface area contributed by atoms with Gasteiger partial charge >= 0.3 is 0 Å². The summed E-state index contributed by atoms with van der Waals surface area (Å²) in [5.41, 5.74) is 10.3. The Morgan fingerprint density at radius 3 is 2.29 bits per heavy atom. The Balaban J connectivity index is 3.07. The van der Waals surface area contributed by atoms with Crippen molar-refractivity contribution in [1.82, 2.24) is 0 Å². The summed E-state index contributed by atoms with van der Waals surface area (Å²) in [6.45, 7) is 13.2. The van der Waals surface area contributed by atoms with Gasteiger partial charge in [0, 0.05) is 5.54 Å². The van der Waals surface area contributed by atoms with Crippen molar-refractivity contribution in [3.8, 4) is 0 Å². The highest BCUT2D eigenvalue weighted by Crippen LogP contribution is 2.33. The predicted molar refractivity (Wildman–Crippen MR) is 76.1 cm³/mol. The molecule has 0 saturated carbocycles. The molecule has 17 heavy (non-hydrogen) atoms. The summed E-state index contributed by atoms with van der Waals surface area (Å²) in [6.07, 6.45) is 1.17. The van der Waals surface area contributed by atoms with Crippen molar-refractivity contribution in [3.63, 3.8) is 0 Å². The zero-order valence-electron chi connectivity index (χ0n) is 12.2. The first-order valence-electron chi connectivity index (χ1n) is 6.61. The third-order valence-corrected chi connectivity index (χ3v) is 3.82. The zero-order chi connectivity index (χ0) is 13.2. The second-order valence-electron chi connectivity index (χ2n) is 6.13. The molecule has 1 rings (SSSR count). The van der Waals surface area contributed by atoms with Crippen molar-refractivity contribution in [1.29, 1.82) is 0 Å². The van der Waals surface area contributed by atoms with E-state index in [9.17, 15) is 0 Å². The van der Waals surface area contributed by atoms with E-state index in [-0.39, 0.29) is 5.54 Å². The minimum Gasteiger partial charge on any atom is -0.321 e. The summed E-state index contributed by atoms with van der Waals surface area (Å²) in [5.74, 6) is 1.18. The Hall–Kier alpha value is -0.820. The molecule has 1 aromatic carbocycles. The lowest BCUT2D eigenvalue weighted by Gasteiger charge is -2.35. The highest BCUT2D eigenvalue weighted by molar-refractivity contribution is 5.36. The third-order valence-electron chi connectivity index (χ3n) is 3.82. The van der Waals surface area contributed by atoms with Gasteiger partial charge in [-0.3, -0.25) is 0 Å². The second-order valence-corrected chi connectivity index (χ2v) is 6.13. The first-order chi connectivity index (χ1) is 7.75. The summed E-state index contributed by atoms with van der Waals surface area (Å²) in [5, 5.41) is 0. The summed E-state index contributed by atoms with van der Waals surface area (Å²) in [7, 11) is 0. The van der Waals surface area contributed by atoms with Crippen LogP contribution in [0.15, 0.2) is 18.2 Å². The lowest BCUT2D eigenvalue weighted by atomic mass is 9.76. The standard InChI is InChI=1S/C16H27N/c1-11(2)9-14(5)16(6,17)15-10-12(3)7-8-13(15)4/h7-8,10-11,14H,9,17H2,1-6H3. The van der Waals surface area contributed by atoms with Gasteiger partial charge in [0.25, 0.3) is 0 Å². The highest BCUT2D eigenvalue weighted by Gasteiger charge is 2.30. The Morgan fingerprint density at radius 1 is 1.18 bits per heavy atom. The molecule has 96 valence electrons. The average Bonchev–Trinajstić information content (AvgIpc) is 2.20. The quantitative estimate of drug-likeness (QED) is 0.830. The summed E-state index contributed by atoms with van der Waals surface area (Å²) < 4.78 is 0. The lowest BCUT2D eigenvalue weighted by Crippen LogP contribution is -2.41. The van der Waals surface area contributed by atoms with Crippen molar-refractivity contribution >= 4 is 0 Å². The Labute approximate surface area is 106 Å². The van der Waals surface area contributed by atoms with Gasteiger partial charge in [0.15, 0.2) is 0 Å². The molecule has 1 heteroatoms. The smallest absolute Gasteiger partial charge is 0.0409 e. The highest BCUT2D eigenvalue weighted by atomic mass is 14.7. The summed E-state index contributed by atoms with van der Waals surface area (Å²) >= 11 is 0. The van der Waals surface area contributed by atoms with Gasteiger partial charge in [-0.1, -0.05) is 44.5 Å². The Morgan fingerprint density at radius 2 is 1.76 bits per heavy atom. The van der Waals surface area contributed by atoms with Gasteiger partial charge in [0.05, 0.1) is 0 Å². The van der Waals surface area contributed by atoms with Gasteiger partial charge in [-0.05, 0) is 50.2 Å². The Kier molecular flexibility index (Phi) is 4.37. The van der Waals surface area contributed by atoms with Gasteiger partial charge in [-0.2, -0.15) is 0 Å². The van der Waals surface area contributed by atoms with Crippen molar-refractivity contribution in [2.24, 2.45) is 17.6 Å². The maximum absolute atomic E-state index is 6.60. The van der Waals surface area contributed by atoms with Crippen LogP contribution in [0.4, 0.5) is 0 Å². The average molecular weight is 233 g/mol. The van der Waals surface area contributed by atoms with Gasteiger partial charge in [-0.15, -0.1) is 0 Å². The van der Waals surface area contributed by atoms with E-state index in [0.29, 0.717) is 11.8 Å². The second kappa shape index (κ2) is 5.22. The fraction of sp³-hybridized carbons (Fsp3) is 0.625. The molecule has 2 atom stereocenters. The fourth-order valence-electron chi connectivity index (χ4n) is 2.53. The minimum atomic E-state index is -0.236. The van der Waals surface area contributed by atoms with Crippen LogP contribution in [0.3, 0.4) is 0 Å². The number of nitrogens with two attached hydrogens (primary N) is 1. The molecule has 0 aliphatic carbocycles. The van der Waals surface area contributed by atoms with E-state index in [2.05, 4.69) is 59.7 Å². The van der Waals surface area contributed by atoms with Gasteiger partial charge < -0.3 is 5.73 Å². The van der Waals surface area contributed by atoms with E-state index in [4.69, 9.17) is 5.73 Å². The molecule has 0 aliphatic heterocycles. The molecule has 2 N–H and O–H groups in total. The SMILES string of the molecule is Cc1ccc(C)c(C(C)(N)C(C)CC(C)C)c1. The van der Waals surface area contributed by atoms with E-state index in [1.165, 1.54) is 23.1 Å². The van der Waals surface area contributed by atoms with Crippen LogP contribution >= 0.6 is 0 Å². The molecular weight excluding hydrogens is 206 g/mol. The zero-order valence-corrected chi connectivity index (χ0v) is 12.2. The molecule has 0 amide bonds. The number of hydrogen-bond donors (Lipinski definition) is 1. The molecule has 1 nitrogen and oxygen atoms in total. The lowest BCUT2D eigenvalue weighted by molar-refractivity contribution is 0.275. The van der Waals surface area contributed by atoms with Crippen molar-refractivity contribution < 1.29 is 0 Å². The van der Waals surface area contributed by atoms with E-state index >= 15 is 0 Å². The van der Waals surface area contributed by atoms with Crippen LogP contribution in [0, 0.1) is 25.7 Å². The molecule has 2 unspecified atom stereocenters. The molecular formula is C16H27N. The number of aryl methyl sites for hydroxylation is 2. The maximum Gasteiger partial charge on any atom is 0.0409 e. The van der Waals surface area contributed by atoms with Gasteiger partial charge in [0.2, 0.25) is 0 Å². The van der Waals surface area contributed by atoms with Crippen molar-refractivity contribution in [2.75, 3.05) is 0 Å². The van der Waals surface area contributed by atoms with Crippen LogP contribution in [0.1, 0.15) is 50.8 Å². The fourth-order valence-corrected chi connectivity index (χ4v) is 2.53. The number of rotatable bonds is 4.